The molecular weight excluding hydrogens is 434 g/mol. The van der Waals surface area contributed by atoms with E-state index in [4.69, 9.17) is 0 Å². The fraction of sp³-hybridized carbons (Fsp3) is 0.591. The van der Waals surface area contributed by atoms with Crippen LogP contribution in [0.15, 0.2) is 28.7 Å². The average Bonchev–Trinajstić information content (AvgIpc) is 2.77. The van der Waals surface area contributed by atoms with E-state index in [9.17, 15) is 14.4 Å². The van der Waals surface area contributed by atoms with E-state index < -0.39 is 0 Å². The number of halogens is 1. The number of rotatable bonds is 6. The van der Waals surface area contributed by atoms with Gasteiger partial charge in [-0.2, -0.15) is 0 Å². The van der Waals surface area contributed by atoms with Crippen LogP contribution in [0.4, 0.5) is 0 Å². The van der Waals surface area contributed by atoms with E-state index in [1.165, 1.54) is 6.42 Å². The number of nitrogens with zero attached hydrogens (tertiary/aromatic N) is 1. The minimum atomic E-state index is -0.0713. The molecule has 1 aliphatic heterocycles. The zero-order chi connectivity index (χ0) is 20.6. The highest BCUT2D eigenvalue weighted by Gasteiger charge is 2.27. The predicted molar refractivity (Wildman–Crippen MR) is 115 cm³/mol. The second-order valence-corrected chi connectivity index (χ2v) is 8.91. The van der Waals surface area contributed by atoms with Crippen LogP contribution in [0.2, 0.25) is 0 Å². The maximum absolute atomic E-state index is 12.6. The highest BCUT2D eigenvalue weighted by molar-refractivity contribution is 9.10. The smallest absolute Gasteiger partial charge is 0.253 e. The van der Waals surface area contributed by atoms with E-state index >= 15 is 0 Å². The molecule has 1 saturated heterocycles. The van der Waals surface area contributed by atoms with Gasteiger partial charge in [-0.1, -0.05) is 35.2 Å². The van der Waals surface area contributed by atoms with Crippen molar-refractivity contribution in [1.29, 1.82) is 0 Å². The van der Waals surface area contributed by atoms with Crippen molar-refractivity contribution in [2.45, 2.75) is 44.9 Å². The number of carbonyl (C=O) groups is 3. The minimum Gasteiger partial charge on any atom is -0.354 e. The van der Waals surface area contributed by atoms with E-state index in [1.807, 2.05) is 29.2 Å². The van der Waals surface area contributed by atoms with E-state index in [0.717, 1.165) is 30.2 Å². The summed E-state index contributed by atoms with van der Waals surface area (Å²) >= 11 is 3.38. The largest absolute Gasteiger partial charge is 0.354 e. The maximum Gasteiger partial charge on any atom is 0.253 e. The Morgan fingerprint density at radius 3 is 1.90 bits per heavy atom. The Labute approximate surface area is 180 Å². The lowest BCUT2D eigenvalue weighted by atomic mass is 9.89. The topological polar surface area (TPSA) is 78.5 Å². The number of amides is 3. The minimum absolute atomic E-state index is 0.0155. The molecule has 3 amide bonds. The highest BCUT2D eigenvalue weighted by atomic mass is 79.9. The fourth-order valence-electron chi connectivity index (χ4n) is 4.14. The number of piperidine rings is 1. The van der Waals surface area contributed by atoms with Crippen molar-refractivity contribution in [1.82, 2.24) is 15.5 Å². The summed E-state index contributed by atoms with van der Waals surface area (Å²) in [7, 11) is 0. The molecule has 0 aromatic heterocycles. The molecule has 0 bridgehead atoms. The summed E-state index contributed by atoms with van der Waals surface area (Å²) in [6.07, 6.45) is 6.81. The number of likely N-dealkylation sites (tertiary alicyclic amines) is 1. The third-order valence-electron chi connectivity index (χ3n) is 5.94. The second-order valence-electron chi connectivity index (χ2n) is 7.99. The molecule has 0 spiro atoms. The molecule has 2 fully saturated rings. The van der Waals surface area contributed by atoms with Crippen LogP contribution in [0.25, 0.3) is 0 Å². The standard InChI is InChI=1S/C22H30BrN3O3/c23-19-8-6-18(7-9-19)22(29)26-14-10-17(11-15-26)21(28)25-13-12-24-20(27)16-4-2-1-3-5-16/h6-9,16-17H,1-5,10-15H2,(H,24,27)(H,25,28). The summed E-state index contributed by atoms with van der Waals surface area (Å²) in [5, 5.41) is 5.88. The zero-order valence-electron chi connectivity index (χ0n) is 16.8. The fourth-order valence-corrected chi connectivity index (χ4v) is 4.41. The molecule has 0 radical (unpaired) electrons. The molecule has 1 saturated carbocycles. The Bertz CT molecular complexity index is 709. The quantitative estimate of drug-likeness (QED) is 0.636. The Kier molecular flexibility index (Phi) is 8.09. The van der Waals surface area contributed by atoms with Crippen LogP contribution in [0.5, 0.6) is 0 Å². The lowest BCUT2D eigenvalue weighted by molar-refractivity contribution is -0.127. The van der Waals surface area contributed by atoms with Crippen molar-refractivity contribution in [3.05, 3.63) is 34.3 Å². The first kappa shape index (κ1) is 21.8. The Morgan fingerprint density at radius 1 is 0.828 bits per heavy atom. The molecule has 0 atom stereocenters. The summed E-state index contributed by atoms with van der Waals surface area (Å²) in [5.74, 6) is 0.234. The van der Waals surface area contributed by atoms with E-state index in [-0.39, 0.29) is 29.6 Å². The third kappa shape index (κ3) is 6.29. The monoisotopic (exact) mass is 463 g/mol. The van der Waals surface area contributed by atoms with E-state index in [2.05, 4.69) is 26.6 Å². The summed E-state index contributed by atoms with van der Waals surface area (Å²) in [5.41, 5.74) is 0.671. The van der Waals surface area contributed by atoms with E-state index in [0.29, 0.717) is 44.6 Å². The highest BCUT2D eigenvalue weighted by Crippen LogP contribution is 2.23. The van der Waals surface area contributed by atoms with Gasteiger partial charge in [0.1, 0.15) is 0 Å². The molecule has 29 heavy (non-hydrogen) atoms. The molecule has 1 heterocycles. The number of benzene rings is 1. The maximum atomic E-state index is 12.6. The lowest BCUT2D eigenvalue weighted by Gasteiger charge is -2.31. The van der Waals surface area contributed by atoms with Crippen molar-refractivity contribution in [2.24, 2.45) is 11.8 Å². The van der Waals surface area contributed by atoms with Crippen molar-refractivity contribution in [2.75, 3.05) is 26.2 Å². The molecule has 6 nitrogen and oxygen atoms in total. The normalized spacial score (nSPS) is 18.3. The van der Waals surface area contributed by atoms with Crippen LogP contribution >= 0.6 is 15.9 Å². The van der Waals surface area contributed by atoms with Gasteiger partial charge in [-0.25, -0.2) is 0 Å². The number of hydrogen-bond acceptors (Lipinski definition) is 3. The van der Waals surface area contributed by atoms with Gasteiger partial charge in [-0.05, 0) is 49.9 Å². The molecule has 7 heteroatoms. The predicted octanol–water partition coefficient (Wildman–Crippen LogP) is 3.11. The number of carbonyl (C=O) groups excluding carboxylic acids is 3. The average molecular weight is 464 g/mol. The molecule has 1 aromatic carbocycles. The van der Waals surface area contributed by atoms with Gasteiger partial charge in [0, 0.05) is 48.1 Å². The Hall–Kier alpha value is -1.89. The van der Waals surface area contributed by atoms with Crippen LogP contribution in [0.3, 0.4) is 0 Å². The zero-order valence-corrected chi connectivity index (χ0v) is 18.4. The van der Waals surface area contributed by atoms with Gasteiger partial charge >= 0.3 is 0 Å². The van der Waals surface area contributed by atoms with Crippen LogP contribution in [-0.4, -0.2) is 48.8 Å². The summed E-state index contributed by atoms with van der Waals surface area (Å²) in [6.45, 7) is 2.11. The van der Waals surface area contributed by atoms with Gasteiger partial charge in [0.25, 0.3) is 5.91 Å². The lowest BCUT2D eigenvalue weighted by Crippen LogP contribution is -2.44. The van der Waals surface area contributed by atoms with Gasteiger partial charge in [0.2, 0.25) is 11.8 Å². The van der Waals surface area contributed by atoms with Crippen LogP contribution < -0.4 is 10.6 Å². The second kappa shape index (κ2) is 10.8. The van der Waals surface area contributed by atoms with Gasteiger partial charge in [0.15, 0.2) is 0 Å². The molecule has 3 rings (SSSR count). The summed E-state index contributed by atoms with van der Waals surface area (Å²) in [4.78, 5) is 38.9. The van der Waals surface area contributed by atoms with Crippen LogP contribution in [0, 0.1) is 11.8 Å². The van der Waals surface area contributed by atoms with E-state index in [1.54, 1.807) is 0 Å². The first-order valence-electron chi connectivity index (χ1n) is 10.6. The van der Waals surface area contributed by atoms with Gasteiger partial charge in [-0.3, -0.25) is 14.4 Å². The molecule has 158 valence electrons. The number of hydrogen-bond donors (Lipinski definition) is 2. The molecular formula is C22H30BrN3O3. The molecule has 1 aliphatic carbocycles. The van der Waals surface area contributed by atoms with Crippen LogP contribution in [0.1, 0.15) is 55.3 Å². The van der Waals surface area contributed by atoms with Gasteiger partial charge < -0.3 is 15.5 Å². The van der Waals surface area contributed by atoms with Crippen molar-refractivity contribution in [3.63, 3.8) is 0 Å². The van der Waals surface area contributed by atoms with Gasteiger partial charge in [-0.15, -0.1) is 0 Å². The van der Waals surface area contributed by atoms with Crippen molar-refractivity contribution in [3.8, 4) is 0 Å². The van der Waals surface area contributed by atoms with Crippen molar-refractivity contribution < 1.29 is 14.4 Å². The SMILES string of the molecule is O=C(NCCNC(=O)C1CCN(C(=O)c2ccc(Br)cc2)CC1)C1CCCCC1. The Morgan fingerprint density at radius 2 is 1.34 bits per heavy atom. The molecule has 0 unspecified atom stereocenters. The molecule has 1 aromatic rings. The summed E-state index contributed by atoms with van der Waals surface area (Å²) in [6, 6.07) is 7.35. The summed E-state index contributed by atoms with van der Waals surface area (Å²) < 4.78 is 0.944. The van der Waals surface area contributed by atoms with Crippen molar-refractivity contribution >= 4 is 33.7 Å². The van der Waals surface area contributed by atoms with Gasteiger partial charge in [0.05, 0.1) is 0 Å². The molecule has 2 N–H and O–H groups in total. The van der Waals surface area contributed by atoms with Crippen LogP contribution in [-0.2, 0) is 9.59 Å². The Balaban J connectivity index is 1.34. The first-order chi connectivity index (χ1) is 14.0. The molecule has 2 aliphatic rings. The third-order valence-corrected chi connectivity index (χ3v) is 6.47. The number of nitrogens with one attached hydrogen (secondary N) is 2. The first-order valence-corrected chi connectivity index (χ1v) is 11.4.